The number of halogens is 1. The highest BCUT2D eigenvalue weighted by atomic mass is 35.5. The Kier molecular flexibility index (Phi) is 4.06. The lowest BCUT2D eigenvalue weighted by Crippen LogP contribution is -2.50. The molecule has 0 amide bonds. The van der Waals surface area contributed by atoms with Crippen molar-refractivity contribution in [3.63, 3.8) is 0 Å². The van der Waals surface area contributed by atoms with Gasteiger partial charge in [-0.05, 0) is 39.2 Å². The van der Waals surface area contributed by atoms with Crippen LogP contribution in [-0.4, -0.2) is 28.9 Å². The van der Waals surface area contributed by atoms with Crippen LogP contribution in [0.3, 0.4) is 0 Å². The van der Waals surface area contributed by atoms with Gasteiger partial charge in [-0.15, -0.1) is 11.6 Å². The third-order valence-corrected chi connectivity index (χ3v) is 4.01. The highest BCUT2D eigenvalue weighted by molar-refractivity contribution is 6.21. The maximum atomic E-state index is 6.27. The minimum Gasteiger partial charge on any atom is -0.296 e. The van der Waals surface area contributed by atoms with Crippen molar-refractivity contribution in [2.75, 3.05) is 6.54 Å². The molecule has 3 atom stereocenters. The monoisotopic (exact) mass is 203 g/mol. The number of rotatable bonds is 2. The Balaban J connectivity index is 2.57. The van der Waals surface area contributed by atoms with Crippen molar-refractivity contribution in [1.82, 2.24) is 4.90 Å². The molecular weight excluding hydrogens is 182 g/mol. The molecule has 1 aliphatic rings. The van der Waals surface area contributed by atoms with Crippen molar-refractivity contribution >= 4 is 11.6 Å². The molecule has 1 saturated heterocycles. The summed E-state index contributed by atoms with van der Waals surface area (Å²) in [7, 11) is 0. The van der Waals surface area contributed by atoms with Crippen LogP contribution in [0.4, 0.5) is 0 Å². The van der Waals surface area contributed by atoms with E-state index in [1.807, 2.05) is 0 Å². The molecule has 1 rings (SSSR count). The summed E-state index contributed by atoms with van der Waals surface area (Å²) >= 11 is 6.27. The van der Waals surface area contributed by atoms with Crippen molar-refractivity contribution in [1.29, 1.82) is 0 Å². The lowest BCUT2D eigenvalue weighted by Gasteiger charge is -2.42. The van der Waals surface area contributed by atoms with Crippen LogP contribution in [0.5, 0.6) is 0 Å². The Hall–Kier alpha value is 0.250. The summed E-state index contributed by atoms with van der Waals surface area (Å²) in [6.45, 7) is 10.4. The van der Waals surface area contributed by atoms with Gasteiger partial charge >= 0.3 is 0 Å². The largest absolute Gasteiger partial charge is 0.296 e. The molecule has 0 aromatic carbocycles. The molecular formula is C11H22ClN. The summed E-state index contributed by atoms with van der Waals surface area (Å²) in [6.07, 6.45) is 2.44. The normalized spacial score (nSPS) is 33.7. The SMILES string of the molecule is CC(C)C(C)N1CCCC(Cl)C1C. The first-order valence-corrected chi connectivity index (χ1v) is 5.87. The van der Waals surface area contributed by atoms with Crippen molar-refractivity contribution in [2.45, 2.75) is 58.0 Å². The van der Waals surface area contributed by atoms with E-state index < -0.39 is 0 Å². The number of hydrogen-bond donors (Lipinski definition) is 0. The lowest BCUT2D eigenvalue weighted by molar-refractivity contribution is 0.0915. The molecule has 1 fully saturated rings. The fourth-order valence-electron chi connectivity index (χ4n) is 2.08. The van der Waals surface area contributed by atoms with Gasteiger partial charge in [-0.25, -0.2) is 0 Å². The highest BCUT2D eigenvalue weighted by Crippen LogP contribution is 2.26. The van der Waals surface area contributed by atoms with Crippen molar-refractivity contribution in [3.05, 3.63) is 0 Å². The highest BCUT2D eigenvalue weighted by Gasteiger charge is 2.30. The molecule has 0 bridgehead atoms. The number of piperidine rings is 1. The Morgan fingerprint density at radius 1 is 1.31 bits per heavy atom. The van der Waals surface area contributed by atoms with Crippen LogP contribution < -0.4 is 0 Å². The summed E-state index contributed by atoms with van der Waals surface area (Å²) in [6, 6.07) is 1.21. The van der Waals surface area contributed by atoms with Gasteiger partial charge in [-0.2, -0.15) is 0 Å². The average Bonchev–Trinajstić information content (AvgIpc) is 2.08. The average molecular weight is 204 g/mol. The van der Waals surface area contributed by atoms with Gasteiger partial charge < -0.3 is 0 Å². The molecule has 0 spiro atoms. The Morgan fingerprint density at radius 3 is 2.46 bits per heavy atom. The fraction of sp³-hybridized carbons (Fsp3) is 1.00. The van der Waals surface area contributed by atoms with Crippen molar-refractivity contribution < 1.29 is 0 Å². The summed E-state index contributed by atoms with van der Waals surface area (Å²) < 4.78 is 0. The first-order chi connectivity index (χ1) is 6.04. The van der Waals surface area contributed by atoms with E-state index in [2.05, 4.69) is 32.6 Å². The van der Waals surface area contributed by atoms with Gasteiger partial charge in [0, 0.05) is 17.5 Å². The van der Waals surface area contributed by atoms with E-state index in [0.717, 1.165) is 5.92 Å². The molecule has 0 aromatic rings. The number of nitrogens with zero attached hydrogens (tertiary/aromatic N) is 1. The predicted octanol–water partition coefficient (Wildman–Crippen LogP) is 3.12. The molecule has 0 N–H and O–H groups in total. The summed E-state index contributed by atoms with van der Waals surface area (Å²) in [4.78, 5) is 2.56. The zero-order valence-electron chi connectivity index (χ0n) is 9.26. The van der Waals surface area contributed by atoms with E-state index in [9.17, 15) is 0 Å². The van der Waals surface area contributed by atoms with Gasteiger partial charge in [0.25, 0.3) is 0 Å². The third kappa shape index (κ3) is 2.60. The number of likely N-dealkylation sites (tertiary alicyclic amines) is 1. The Labute approximate surface area is 87.4 Å². The second-order valence-electron chi connectivity index (χ2n) is 4.62. The maximum absolute atomic E-state index is 6.27. The van der Waals surface area contributed by atoms with Crippen LogP contribution in [0, 0.1) is 5.92 Å². The van der Waals surface area contributed by atoms with Gasteiger partial charge in [0.1, 0.15) is 0 Å². The van der Waals surface area contributed by atoms with Crippen molar-refractivity contribution in [3.8, 4) is 0 Å². The van der Waals surface area contributed by atoms with E-state index >= 15 is 0 Å². The van der Waals surface area contributed by atoms with Crippen LogP contribution in [0.15, 0.2) is 0 Å². The molecule has 13 heavy (non-hydrogen) atoms. The second kappa shape index (κ2) is 4.65. The quantitative estimate of drug-likeness (QED) is 0.624. The molecule has 1 nitrogen and oxygen atoms in total. The summed E-state index contributed by atoms with van der Waals surface area (Å²) in [5.74, 6) is 0.726. The topological polar surface area (TPSA) is 3.24 Å². The standard InChI is InChI=1S/C11H22ClN/c1-8(2)9(3)13-7-5-6-11(12)10(13)4/h8-11H,5-7H2,1-4H3. The van der Waals surface area contributed by atoms with Gasteiger partial charge in [0.2, 0.25) is 0 Å². The molecule has 0 radical (unpaired) electrons. The van der Waals surface area contributed by atoms with Crippen LogP contribution in [0.2, 0.25) is 0 Å². The van der Waals surface area contributed by atoms with E-state index in [-0.39, 0.29) is 0 Å². The molecule has 2 heteroatoms. The molecule has 0 aromatic heterocycles. The zero-order valence-corrected chi connectivity index (χ0v) is 10.0. The maximum Gasteiger partial charge on any atom is 0.0489 e. The van der Waals surface area contributed by atoms with Crippen LogP contribution in [-0.2, 0) is 0 Å². The van der Waals surface area contributed by atoms with Crippen LogP contribution >= 0.6 is 11.6 Å². The van der Waals surface area contributed by atoms with E-state index in [0.29, 0.717) is 17.5 Å². The molecule has 0 saturated carbocycles. The fourth-order valence-corrected chi connectivity index (χ4v) is 2.38. The molecule has 1 aliphatic heterocycles. The number of hydrogen-bond acceptors (Lipinski definition) is 1. The molecule has 0 aliphatic carbocycles. The van der Waals surface area contributed by atoms with Crippen LogP contribution in [0.25, 0.3) is 0 Å². The summed E-state index contributed by atoms with van der Waals surface area (Å²) in [5.41, 5.74) is 0. The van der Waals surface area contributed by atoms with E-state index in [1.54, 1.807) is 0 Å². The zero-order chi connectivity index (χ0) is 10.0. The molecule has 1 heterocycles. The van der Waals surface area contributed by atoms with Gasteiger partial charge in [0.15, 0.2) is 0 Å². The minimum absolute atomic E-state index is 0.356. The van der Waals surface area contributed by atoms with Crippen LogP contribution in [0.1, 0.15) is 40.5 Å². The van der Waals surface area contributed by atoms with E-state index in [1.165, 1.54) is 19.4 Å². The number of alkyl halides is 1. The first kappa shape index (κ1) is 11.3. The third-order valence-electron chi connectivity index (χ3n) is 3.43. The molecule has 3 unspecified atom stereocenters. The second-order valence-corrected chi connectivity index (χ2v) is 5.18. The Morgan fingerprint density at radius 2 is 1.92 bits per heavy atom. The smallest absolute Gasteiger partial charge is 0.0489 e. The van der Waals surface area contributed by atoms with Gasteiger partial charge in [-0.3, -0.25) is 4.90 Å². The van der Waals surface area contributed by atoms with Gasteiger partial charge in [-0.1, -0.05) is 13.8 Å². The van der Waals surface area contributed by atoms with Crippen molar-refractivity contribution in [2.24, 2.45) is 5.92 Å². The molecule has 78 valence electrons. The lowest BCUT2D eigenvalue weighted by atomic mass is 9.96. The Bertz CT molecular complexity index is 154. The minimum atomic E-state index is 0.356. The van der Waals surface area contributed by atoms with E-state index in [4.69, 9.17) is 11.6 Å². The summed E-state index contributed by atoms with van der Waals surface area (Å²) in [5, 5.41) is 0.356. The predicted molar refractivity (Wildman–Crippen MR) is 59.3 cm³/mol. The van der Waals surface area contributed by atoms with Gasteiger partial charge in [0.05, 0.1) is 0 Å². The first-order valence-electron chi connectivity index (χ1n) is 5.44.